The van der Waals surface area contributed by atoms with Crippen LogP contribution in [0.4, 0.5) is 0 Å². The highest BCUT2D eigenvalue weighted by molar-refractivity contribution is 5.46. The van der Waals surface area contributed by atoms with E-state index in [4.69, 9.17) is 0 Å². The molecule has 0 fully saturated rings. The van der Waals surface area contributed by atoms with Gasteiger partial charge in [-0.3, -0.25) is 0 Å². The lowest BCUT2D eigenvalue weighted by atomic mass is 10.1. The molecule has 13 heavy (non-hydrogen) atoms. The van der Waals surface area contributed by atoms with Crippen LogP contribution in [-0.4, -0.2) is 9.97 Å². The number of aromatic nitrogens is 2. The molecule has 0 aromatic carbocycles. The van der Waals surface area contributed by atoms with Crippen molar-refractivity contribution in [2.75, 3.05) is 0 Å². The Morgan fingerprint density at radius 1 is 1.38 bits per heavy atom. The van der Waals surface area contributed by atoms with Gasteiger partial charge >= 0.3 is 0 Å². The third-order valence-corrected chi connectivity index (χ3v) is 1.70. The van der Waals surface area contributed by atoms with Crippen molar-refractivity contribution in [3.05, 3.63) is 42.5 Å². The number of hydrogen-bond acceptors (Lipinski definition) is 2. The molecule has 0 unspecified atom stereocenters. The molecular formula is C11H14N2. The van der Waals surface area contributed by atoms with Crippen LogP contribution in [0.3, 0.4) is 0 Å². The molecule has 1 rings (SSSR count). The van der Waals surface area contributed by atoms with Crippen LogP contribution in [0.25, 0.3) is 6.08 Å². The Hall–Kier alpha value is -1.44. The fourth-order valence-electron chi connectivity index (χ4n) is 0.962. The number of hydrogen-bond donors (Lipinski definition) is 0. The van der Waals surface area contributed by atoms with Crippen LogP contribution in [0.1, 0.15) is 31.2 Å². The van der Waals surface area contributed by atoms with Gasteiger partial charge in [0.25, 0.3) is 0 Å². The van der Waals surface area contributed by atoms with Gasteiger partial charge in [-0.2, -0.15) is 0 Å². The minimum absolute atomic E-state index is 0.443. The molecule has 1 aromatic rings. The van der Waals surface area contributed by atoms with Gasteiger partial charge in [0.05, 0.1) is 5.69 Å². The first kappa shape index (κ1) is 9.65. The molecule has 1 heterocycles. The Morgan fingerprint density at radius 3 is 2.77 bits per heavy atom. The summed E-state index contributed by atoms with van der Waals surface area (Å²) in [7, 11) is 0. The molecule has 0 spiro atoms. The normalized spacial score (nSPS) is 11.0. The topological polar surface area (TPSA) is 25.8 Å². The number of allylic oxidation sites excluding steroid dienone is 2. The maximum absolute atomic E-state index is 4.18. The van der Waals surface area contributed by atoms with E-state index in [1.807, 2.05) is 18.2 Å². The van der Waals surface area contributed by atoms with E-state index in [-0.39, 0.29) is 0 Å². The van der Waals surface area contributed by atoms with Crippen molar-refractivity contribution in [1.29, 1.82) is 0 Å². The predicted octanol–water partition coefficient (Wildman–Crippen LogP) is 2.80. The second kappa shape index (κ2) is 4.55. The minimum atomic E-state index is 0.443. The zero-order valence-electron chi connectivity index (χ0n) is 8.07. The van der Waals surface area contributed by atoms with E-state index in [0.29, 0.717) is 5.92 Å². The highest BCUT2D eigenvalue weighted by atomic mass is 14.8. The first-order valence-corrected chi connectivity index (χ1v) is 4.35. The summed E-state index contributed by atoms with van der Waals surface area (Å²) in [5, 5.41) is 0. The van der Waals surface area contributed by atoms with Gasteiger partial charge in [-0.25, -0.2) is 9.97 Å². The maximum atomic E-state index is 4.18. The van der Waals surface area contributed by atoms with E-state index in [1.54, 1.807) is 12.4 Å². The molecular weight excluding hydrogens is 160 g/mol. The standard InChI is InChI=1S/C11H14N2/c1-4-5-6-10-7-11(9(2)3)13-8-12-10/h4-9H,1H2,2-3H3. The van der Waals surface area contributed by atoms with Crippen LogP contribution in [0.5, 0.6) is 0 Å². The van der Waals surface area contributed by atoms with Crippen molar-refractivity contribution < 1.29 is 0 Å². The Morgan fingerprint density at radius 2 is 2.15 bits per heavy atom. The minimum Gasteiger partial charge on any atom is -0.241 e. The zero-order chi connectivity index (χ0) is 9.68. The summed E-state index contributed by atoms with van der Waals surface area (Å²) in [6.07, 6.45) is 7.11. The molecule has 2 nitrogen and oxygen atoms in total. The highest BCUT2D eigenvalue weighted by Gasteiger charge is 2.00. The van der Waals surface area contributed by atoms with Crippen molar-refractivity contribution >= 4 is 6.08 Å². The van der Waals surface area contributed by atoms with Crippen molar-refractivity contribution in [2.45, 2.75) is 19.8 Å². The average molecular weight is 174 g/mol. The quantitative estimate of drug-likeness (QED) is 0.658. The van der Waals surface area contributed by atoms with Crippen LogP contribution in [0.2, 0.25) is 0 Å². The molecule has 0 aliphatic carbocycles. The van der Waals surface area contributed by atoms with Gasteiger partial charge in [-0.05, 0) is 18.1 Å². The molecule has 1 aromatic heterocycles. The van der Waals surface area contributed by atoms with Crippen molar-refractivity contribution in [2.24, 2.45) is 0 Å². The second-order valence-electron chi connectivity index (χ2n) is 3.12. The van der Waals surface area contributed by atoms with Crippen LogP contribution in [-0.2, 0) is 0 Å². The molecule has 0 atom stereocenters. The maximum Gasteiger partial charge on any atom is 0.116 e. The van der Waals surface area contributed by atoms with Gasteiger partial charge in [0.1, 0.15) is 6.33 Å². The summed E-state index contributed by atoms with van der Waals surface area (Å²) in [5.74, 6) is 0.443. The van der Waals surface area contributed by atoms with Crippen molar-refractivity contribution in [3.63, 3.8) is 0 Å². The molecule has 0 radical (unpaired) electrons. The first-order valence-electron chi connectivity index (χ1n) is 4.35. The van der Waals surface area contributed by atoms with Gasteiger partial charge in [-0.15, -0.1) is 0 Å². The number of nitrogens with zero attached hydrogens (tertiary/aromatic N) is 2. The predicted molar refractivity (Wildman–Crippen MR) is 55.4 cm³/mol. The van der Waals surface area contributed by atoms with Gasteiger partial charge in [0.15, 0.2) is 0 Å². The summed E-state index contributed by atoms with van der Waals surface area (Å²) in [6.45, 7) is 7.83. The van der Waals surface area contributed by atoms with Gasteiger partial charge in [0.2, 0.25) is 0 Å². The lowest BCUT2D eigenvalue weighted by Gasteiger charge is -2.03. The first-order chi connectivity index (χ1) is 6.24. The third kappa shape index (κ3) is 2.82. The fourth-order valence-corrected chi connectivity index (χ4v) is 0.962. The van der Waals surface area contributed by atoms with Crippen molar-refractivity contribution in [1.82, 2.24) is 9.97 Å². The Balaban J connectivity index is 2.91. The third-order valence-electron chi connectivity index (χ3n) is 1.70. The molecule has 0 aliphatic rings. The molecule has 2 heteroatoms. The lowest BCUT2D eigenvalue weighted by Crippen LogP contribution is -1.94. The molecule has 0 amide bonds. The van der Waals surface area contributed by atoms with E-state index < -0.39 is 0 Å². The summed E-state index contributed by atoms with van der Waals surface area (Å²) in [5.41, 5.74) is 2.00. The summed E-state index contributed by atoms with van der Waals surface area (Å²) < 4.78 is 0. The van der Waals surface area contributed by atoms with Crippen molar-refractivity contribution in [3.8, 4) is 0 Å². The summed E-state index contributed by atoms with van der Waals surface area (Å²) >= 11 is 0. The zero-order valence-corrected chi connectivity index (χ0v) is 8.07. The number of rotatable bonds is 3. The van der Waals surface area contributed by atoms with E-state index in [9.17, 15) is 0 Å². The molecule has 0 saturated heterocycles. The van der Waals surface area contributed by atoms with Gasteiger partial charge in [-0.1, -0.05) is 32.6 Å². The fraction of sp³-hybridized carbons (Fsp3) is 0.273. The highest BCUT2D eigenvalue weighted by Crippen LogP contribution is 2.11. The smallest absolute Gasteiger partial charge is 0.116 e. The van der Waals surface area contributed by atoms with Gasteiger partial charge in [0, 0.05) is 5.69 Å². The largest absolute Gasteiger partial charge is 0.241 e. The molecule has 0 bridgehead atoms. The summed E-state index contributed by atoms with van der Waals surface area (Å²) in [6, 6.07) is 1.99. The SMILES string of the molecule is C=CC=Cc1cc(C(C)C)ncn1. The Labute approximate surface area is 79.0 Å². The van der Waals surface area contributed by atoms with E-state index in [0.717, 1.165) is 11.4 Å². The van der Waals surface area contributed by atoms with E-state index in [2.05, 4.69) is 30.4 Å². The monoisotopic (exact) mass is 174 g/mol. The van der Waals surface area contributed by atoms with Crippen LogP contribution in [0.15, 0.2) is 31.1 Å². The lowest BCUT2D eigenvalue weighted by molar-refractivity contribution is 0.812. The molecule has 0 saturated carbocycles. The van der Waals surface area contributed by atoms with E-state index in [1.165, 1.54) is 0 Å². The Kier molecular flexibility index (Phi) is 3.38. The molecule has 0 N–H and O–H groups in total. The molecule has 68 valence electrons. The summed E-state index contributed by atoms with van der Waals surface area (Å²) in [4.78, 5) is 8.29. The van der Waals surface area contributed by atoms with Crippen LogP contribution in [0, 0.1) is 0 Å². The average Bonchev–Trinajstić information content (AvgIpc) is 2.15. The van der Waals surface area contributed by atoms with Gasteiger partial charge < -0.3 is 0 Å². The molecule has 0 aliphatic heterocycles. The second-order valence-corrected chi connectivity index (χ2v) is 3.12. The van der Waals surface area contributed by atoms with Crippen LogP contribution < -0.4 is 0 Å². The van der Waals surface area contributed by atoms with E-state index >= 15 is 0 Å². The Bertz CT molecular complexity index is 314. The van der Waals surface area contributed by atoms with Crippen LogP contribution >= 0.6 is 0 Å².